The lowest BCUT2D eigenvalue weighted by atomic mass is 9.93. The molecule has 0 bridgehead atoms. The minimum absolute atomic E-state index is 0.0171. The quantitative estimate of drug-likeness (QED) is 0.825. The van der Waals surface area contributed by atoms with Gasteiger partial charge in [0.25, 0.3) is 0 Å². The Kier molecular flexibility index (Phi) is 4.64. The van der Waals surface area contributed by atoms with E-state index < -0.39 is 0 Å². The Hall–Kier alpha value is -2.63. The Balaban J connectivity index is 2.00. The number of aromatic nitrogens is 3. The number of carbonyl (C=O) groups is 1. The molecule has 1 aliphatic rings. The minimum atomic E-state index is -0.295. The third-order valence-electron chi connectivity index (χ3n) is 4.11. The van der Waals surface area contributed by atoms with Gasteiger partial charge in [-0.25, -0.2) is 4.68 Å². The molecule has 6 heteroatoms. The van der Waals surface area contributed by atoms with Crippen LogP contribution in [0.5, 0.6) is 5.75 Å². The molecule has 1 aliphatic heterocycles. The van der Waals surface area contributed by atoms with Gasteiger partial charge in [-0.15, -0.1) is 0 Å². The summed E-state index contributed by atoms with van der Waals surface area (Å²) in [5.41, 5.74) is 2.46. The second kappa shape index (κ2) is 6.86. The van der Waals surface area contributed by atoms with E-state index in [2.05, 4.69) is 22.3 Å². The first kappa shape index (κ1) is 16.2. The van der Waals surface area contributed by atoms with Gasteiger partial charge < -0.3 is 10.1 Å². The molecule has 6 nitrogen and oxygen atoms in total. The molecule has 0 fully saturated rings. The van der Waals surface area contributed by atoms with Gasteiger partial charge in [-0.1, -0.05) is 25.5 Å². The van der Waals surface area contributed by atoms with Crippen molar-refractivity contribution in [2.45, 2.75) is 39.7 Å². The summed E-state index contributed by atoms with van der Waals surface area (Å²) >= 11 is 0. The van der Waals surface area contributed by atoms with Crippen molar-refractivity contribution in [3.8, 4) is 5.75 Å². The number of hydrogen-bond acceptors (Lipinski definition) is 5. The predicted molar refractivity (Wildman–Crippen MR) is 92.0 cm³/mol. The molecule has 2 heterocycles. The van der Waals surface area contributed by atoms with Crippen molar-refractivity contribution >= 4 is 11.7 Å². The second-order valence-electron chi connectivity index (χ2n) is 5.93. The van der Waals surface area contributed by atoms with Crippen molar-refractivity contribution < 1.29 is 9.53 Å². The highest BCUT2D eigenvalue weighted by molar-refractivity contribution is 5.96. The molecule has 0 spiro atoms. The highest BCUT2D eigenvalue weighted by Crippen LogP contribution is 2.35. The van der Waals surface area contributed by atoms with E-state index in [0.717, 1.165) is 29.9 Å². The number of nitrogens with zero attached hydrogens (tertiary/aromatic N) is 3. The van der Waals surface area contributed by atoms with Crippen LogP contribution in [-0.2, 0) is 4.79 Å². The normalized spacial score (nSPS) is 16.5. The van der Waals surface area contributed by atoms with E-state index in [4.69, 9.17) is 4.74 Å². The third kappa shape index (κ3) is 3.04. The lowest BCUT2D eigenvalue weighted by molar-refractivity contribution is -0.114. The van der Waals surface area contributed by atoms with Gasteiger partial charge in [0.1, 0.15) is 18.1 Å². The summed E-state index contributed by atoms with van der Waals surface area (Å²) in [6.45, 7) is 6.30. The summed E-state index contributed by atoms with van der Waals surface area (Å²) in [6, 6.07) is 7.56. The van der Waals surface area contributed by atoms with Crippen LogP contribution < -0.4 is 10.1 Å². The number of unbranched alkanes of at least 4 members (excludes halogenated alkanes) is 1. The van der Waals surface area contributed by atoms with Crippen molar-refractivity contribution in [2.24, 2.45) is 0 Å². The Bertz CT molecular complexity index is 779. The Morgan fingerprint density at radius 1 is 1.42 bits per heavy atom. The zero-order valence-electron chi connectivity index (χ0n) is 14.2. The average Bonchev–Trinajstić information content (AvgIpc) is 3.01. The maximum atomic E-state index is 12.2. The summed E-state index contributed by atoms with van der Waals surface area (Å²) < 4.78 is 7.55. The van der Waals surface area contributed by atoms with Crippen LogP contribution in [0.4, 0.5) is 5.95 Å². The molecule has 1 N–H and O–H groups in total. The van der Waals surface area contributed by atoms with Gasteiger partial charge in [0, 0.05) is 11.3 Å². The van der Waals surface area contributed by atoms with Crippen molar-refractivity contribution in [3.05, 3.63) is 47.4 Å². The number of benzene rings is 1. The van der Waals surface area contributed by atoms with Gasteiger partial charge in [0.15, 0.2) is 5.78 Å². The highest BCUT2D eigenvalue weighted by atomic mass is 16.5. The molecular weight excluding hydrogens is 304 g/mol. The van der Waals surface area contributed by atoms with E-state index in [1.54, 1.807) is 11.6 Å². The zero-order valence-corrected chi connectivity index (χ0v) is 14.2. The van der Waals surface area contributed by atoms with Crippen LogP contribution in [0.2, 0.25) is 0 Å². The standard InChI is InChI=1S/C18H22N4O2/c1-4-5-9-24-15-8-6-7-14(10-15)17-16(13(3)23)12(2)21-18-19-11-20-22(17)18/h6-8,10-11,17H,4-5,9H2,1-3H3,(H,19,20,21). The average molecular weight is 326 g/mol. The van der Waals surface area contributed by atoms with E-state index in [0.29, 0.717) is 18.1 Å². The van der Waals surface area contributed by atoms with Gasteiger partial charge in [0.2, 0.25) is 5.95 Å². The van der Waals surface area contributed by atoms with Crippen LogP contribution in [0, 0.1) is 0 Å². The molecule has 0 aliphatic carbocycles. The molecule has 0 radical (unpaired) electrons. The molecule has 0 saturated carbocycles. The minimum Gasteiger partial charge on any atom is -0.494 e. The highest BCUT2D eigenvalue weighted by Gasteiger charge is 2.31. The van der Waals surface area contributed by atoms with Crippen molar-refractivity contribution in [1.82, 2.24) is 14.8 Å². The lowest BCUT2D eigenvalue weighted by Crippen LogP contribution is -2.27. The van der Waals surface area contributed by atoms with Crippen molar-refractivity contribution in [1.29, 1.82) is 0 Å². The smallest absolute Gasteiger partial charge is 0.226 e. The number of allylic oxidation sites excluding steroid dienone is 2. The molecule has 0 amide bonds. The topological polar surface area (TPSA) is 69.0 Å². The predicted octanol–water partition coefficient (Wildman–Crippen LogP) is 3.33. The molecular formula is C18H22N4O2. The Morgan fingerprint density at radius 3 is 3.00 bits per heavy atom. The molecule has 2 aromatic rings. The molecule has 1 atom stereocenters. The summed E-state index contributed by atoms with van der Waals surface area (Å²) in [7, 11) is 0. The van der Waals surface area contributed by atoms with E-state index in [1.165, 1.54) is 6.33 Å². The number of carbonyl (C=O) groups excluding carboxylic acids is 1. The summed E-state index contributed by atoms with van der Waals surface area (Å²) in [4.78, 5) is 16.5. The maximum absolute atomic E-state index is 12.2. The molecule has 1 aromatic carbocycles. The number of ether oxygens (including phenoxy) is 1. The monoisotopic (exact) mass is 326 g/mol. The zero-order chi connectivity index (χ0) is 17.1. The maximum Gasteiger partial charge on any atom is 0.226 e. The van der Waals surface area contributed by atoms with E-state index >= 15 is 0 Å². The van der Waals surface area contributed by atoms with Crippen LogP contribution in [0.1, 0.15) is 45.2 Å². The largest absolute Gasteiger partial charge is 0.494 e. The fourth-order valence-corrected chi connectivity index (χ4v) is 2.96. The molecule has 1 unspecified atom stereocenters. The number of ketones is 1. The third-order valence-corrected chi connectivity index (χ3v) is 4.11. The Labute approximate surface area is 141 Å². The van der Waals surface area contributed by atoms with Crippen molar-refractivity contribution in [3.63, 3.8) is 0 Å². The van der Waals surface area contributed by atoms with E-state index in [1.807, 2.05) is 31.2 Å². The van der Waals surface area contributed by atoms with E-state index in [-0.39, 0.29) is 11.8 Å². The lowest BCUT2D eigenvalue weighted by Gasteiger charge is -2.28. The van der Waals surface area contributed by atoms with Crippen LogP contribution in [-0.4, -0.2) is 27.2 Å². The molecule has 24 heavy (non-hydrogen) atoms. The first-order valence-corrected chi connectivity index (χ1v) is 8.22. The molecule has 1 aromatic heterocycles. The summed E-state index contributed by atoms with van der Waals surface area (Å²) in [5.74, 6) is 1.46. The fourth-order valence-electron chi connectivity index (χ4n) is 2.96. The SMILES string of the molecule is CCCCOc1cccc(C2C(C(C)=O)=C(C)Nc3ncnn32)c1. The first-order chi connectivity index (χ1) is 11.6. The summed E-state index contributed by atoms with van der Waals surface area (Å²) in [5, 5.41) is 7.45. The molecule has 126 valence electrons. The van der Waals surface area contributed by atoms with Gasteiger partial charge in [0.05, 0.1) is 6.61 Å². The van der Waals surface area contributed by atoms with Crippen molar-refractivity contribution in [2.75, 3.05) is 11.9 Å². The Morgan fingerprint density at radius 2 is 2.25 bits per heavy atom. The van der Waals surface area contributed by atoms with Crippen LogP contribution >= 0.6 is 0 Å². The van der Waals surface area contributed by atoms with Crippen LogP contribution in [0.3, 0.4) is 0 Å². The number of anilines is 1. The number of nitrogens with one attached hydrogen (secondary N) is 1. The number of hydrogen-bond donors (Lipinski definition) is 1. The fraction of sp³-hybridized carbons (Fsp3) is 0.389. The van der Waals surface area contributed by atoms with E-state index in [9.17, 15) is 4.79 Å². The molecule has 3 rings (SSSR count). The van der Waals surface area contributed by atoms with Gasteiger partial charge >= 0.3 is 0 Å². The number of fused-ring (bicyclic) bond motifs is 1. The van der Waals surface area contributed by atoms with Gasteiger partial charge in [-0.2, -0.15) is 10.1 Å². The van der Waals surface area contributed by atoms with Gasteiger partial charge in [-0.05, 0) is 38.0 Å². The number of Topliss-reactive ketones (excluding diaryl/α,β-unsaturated/α-hetero) is 1. The second-order valence-corrected chi connectivity index (χ2v) is 5.93. The summed E-state index contributed by atoms with van der Waals surface area (Å²) in [6.07, 6.45) is 3.60. The number of rotatable bonds is 6. The van der Waals surface area contributed by atoms with Crippen LogP contribution in [0.25, 0.3) is 0 Å². The first-order valence-electron chi connectivity index (χ1n) is 8.22. The van der Waals surface area contributed by atoms with Gasteiger partial charge in [-0.3, -0.25) is 4.79 Å². The van der Waals surface area contributed by atoms with Crippen LogP contribution in [0.15, 0.2) is 41.9 Å². The molecule has 0 saturated heterocycles.